The maximum Gasteiger partial charge on any atom is 0.332 e. The van der Waals surface area contributed by atoms with E-state index in [0.717, 1.165) is 118 Å². The van der Waals surface area contributed by atoms with Crippen LogP contribution >= 0.6 is 0 Å². The summed E-state index contributed by atoms with van der Waals surface area (Å²) in [6.07, 6.45) is 60.4. The van der Waals surface area contributed by atoms with Gasteiger partial charge in [0.2, 0.25) is 0 Å². The minimum atomic E-state index is -0.345. The summed E-state index contributed by atoms with van der Waals surface area (Å²) in [5.74, 6) is 0.930. The Hall–Kier alpha value is -15.6. The van der Waals surface area contributed by atoms with Crippen LogP contribution in [0.15, 0.2) is 259 Å². The number of carbonyl (C=O) groups is 10. The molecule has 796 valence electrons. The van der Waals surface area contributed by atoms with Crippen LogP contribution in [0.3, 0.4) is 0 Å². The highest BCUT2D eigenvalue weighted by Gasteiger charge is 2.29. The smallest absolute Gasteiger partial charge is 0.332 e. The van der Waals surface area contributed by atoms with E-state index >= 15 is 0 Å². The number of rotatable bonds is 48. The Morgan fingerprint density at radius 3 is 1.16 bits per heavy atom. The molecule has 147 heavy (non-hydrogen) atoms. The van der Waals surface area contributed by atoms with Crippen LogP contribution in [-0.4, -0.2) is 248 Å². The van der Waals surface area contributed by atoms with Crippen molar-refractivity contribution >= 4 is 60.2 Å². The minimum Gasteiger partial charge on any atom is -0.466 e. The summed E-state index contributed by atoms with van der Waals surface area (Å²) < 4.78 is 78.5. The first-order valence-electron chi connectivity index (χ1n) is 48.9. The summed E-state index contributed by atoms with van der Waals surface area (Å²) in [7, 11) is 1.46. The Morgan fingerprint density at radius 1 is 0.361 bits per heavy atom. The van der Waals surface area contributed by atoms with Crippen molar-refractivity contribution in [2.75, 3.05) is 79.8 Å². The number of benzene rings is 3. The number of hydrogen-bond acceptors (Lipinski definition) is 32. The highest BCUT2D eigenvalue weighted by molar-refractivity contribution is 5.71. The molecule has 3 atom stereocenters. The lowest BCUT2D eigenvalue weighted by Gasteiger charge is -2.31. The standard InChI is InChI=1S/C15H18N2O2.C14H16N2O2.C12H12N2O2.C11H16N2O2.C11H18N2O2.C9H14N2O3.C9H14N2O2.C8H12N2O3.2C8H12N2O2/c1-13(18)19-12-6-5-10-17-11-9-16-15(17)14-7-3-2-4-8-14;1-12(17)18-11-5-9-16-10-8-15-14(16)13-6-3-2-4-7-13;15-10-16-9-8-14-7-6-13-12(14)11-4-2-1-3-5-11;1-9(14)15-11-5-3-2-4-10(11)13-7-6-12-8-13;1-2-3-4-5-11(14)15-9-8-13-7-6-12-10-13;1-9(12)14-7-6-13-5-4-11-3-2-10-8-11;1-2-3-9(12)13-7-6-11-5-4-10-8-11;1-12-6-8(11)13-5-4-10-3-2-9-7-10;1-7(12-8(2)11)5-10-4-3-9-6-10;1-2-8(11)12-6-5-10-4-3-9-7-10/h2-4,7-9,11H,5-6,10,12H2,1H3;2-4,6-8,10H,5,9,11H2,1H3;1-7,10H,8-9H2;6-8,10-11H,2-5H2,1H3;6-7,10H,2-5,8-9H2,1H3;2-3,8H,4-7H2,1H3;4-5,8H,2-3,6-7H2,1H3;2-3,7H,4-6H2,1H3;3-4,6-7H,5H2,1-2H3;3-4,7H,2,5-6H2,1H3. The molecule has 14 rings (SSSR count). The van der Waals surface area contributed by atoms with Gasteiger partial charge in [-0.05, 0) is 58.3 Å². The number of hydrogen-bond donors (Lipinski definition) is 0. The number of methoxy groups -OCH3 is 1. The quantitative estimate of drug-likeness (QED) is 0.0148. The second kappa shape index (κ2) is 77.9. The van der Waals surface area contributed by atoms with Crippen molar-refractivity contribution in [1.82, 2.24) is 95.5 Å². The Labute approximate surface area is 858 Å². The molecule has 10 aromatic heterocycles. The Bertz CT molecular complexity index is 5460. The van der Waals surface area contributed by atoms with Gasteiger partial charge in [0.25, 0.3) is 6.47 Å². The second-order valence-corrected chi connectivity index (χ2v) is 32.2. The highest BCUT2D eigenvalue weighted by Crippen LogP contribution is 2.31. The number of ether oxygens (including phenoxy) is 12. The average molecular weight is 2040 g/mol. The molecule has 0 N–H and O–H groups in total. The zero-order valence-corrected chi connectivity index (χ0v) is 86.0. The van der Waals surface area contributed by atoms with E-state index in [0.29, 0.717) is 131 Å². The van der Waals surface area contributed by atoms with Crippen molar-refractivity contribution in [3.05, 3.63) is 259 Å². The molecule has 1 saturated carbocycles. The molecule has 42 nitrogen and oxygen atoms in total. The van der Waals surface area contributed by atoms with E-state index in [-0.39, 0.29) is 78.6 Å². The lowest BCUT2D eigenvalue weighted by Crippen LogP contribution is -2.31. The molecule has 0 amide bonds. The van der Waals surface area contributed by atoms with Crippen LogP contribution in [0.1, 0.15) is 158 Å². The molecule has 0 aliphatic heterocycles. The predicted molar refractivity (Wildman–Crippen MR) is 545 cm³/mol. The van der Waals surface area contributed by atoms with Gasteiger partial charge in [0.05, 0.1) is 116 Å². The van der Waals surface area contributed by atoms with Crippen LogP contribution < -0.4 is 0 Å². The van der Waals surface area contributed by atoms with Crippen molar-refractivity contribution in [3.63, 3.8) is 0 Å². The third-order valence-electron chi connectivity index (χ3n) is 20.3. The summed E-state index contributed by atoms with van der Waals surface area (Å²) >= 11 is 0. The third-order valence-corrected chi connectivity index (χ3v) is 20.3. The molecule has 0 bridgehead atoms. The highest BCUT2D eigenvalue weighted by atomic mass is 16.6. The molecule has 0 saturated heterocycles. The van der Waals surface area contributed by atoms with E-state index in [1.807, 2.05) is 197 Å². The van der Waals surface area contributed by atoms with Gasteiger partial charge < -0.3 is 103 Å². The van der Waals surface area contributed by atoms with Gasteiger partial charge in [-0.15, -0.1) is 0 Å². The maximum absolute atomic E-state index is 11.2. The summed E-state index contributed by atoms with van der Waals surface area (Å²) in [6, 6.07) is 30.3. The predicted octanol–water partition coefficient (Wildman–Crippen LogP) is 14.5. The molecule has 3 aromatic carbocycles. The molecule has 0 spiro atoms. The van der Waals surface area contributed by atoms with Gasteiger partial charge in [-0.2, -0.15) is 0 Å². The number of aryl methyl sites for hydroxylation is 2. The Kier molecular flexibility index (Phi) is 64.6. The van der Waals surface area contributed by atoms with E-state index in [1.54, 1.807) is 107 Å². The van der Waals surface area contributed by atoms with Gasteiger partial charge in [0.1, 0.15) is 75.9 Å². The first-order valence-corrected chi connectivity index (χ1v) is 48.9. The van der Waals surface area contributed by atoms with Crippen molar-refractivity contribution in [2.24, 2.45) is 0 Å². The lowest BCUT2D eigenvalue weighted by atomic mass is 9.92. The fourth-order valence-corrected chi connectivity index (χ4v) is 13.3. The molecule has 10 heterocycles. The van der Waals surface area contributed by atoms with Crippen LogP contribution in [0, 0.1) is 0 Å². The van der Waals surface area contributed by atoms with Crippen LogP contribution in [0.2, 0.25) is 0 Å². The first kappa shape index (κ1) is 122. The van der Waals surface area contributed by atoms with Crippen molar-refractivity contribution < 1.29 is 105 Å². The van der Waals surface area contributed by atoms with Crippen LogP contribution in [-0.2, 0) is 164 Å². The molecule has 42 heteroatoms. The van der Waals surface area contributed by atoms with Crippen LogP contribution in [0.5, 0.6) is 0 Å². The number of aromatic nitrogens is 20. The van der Waals surface area contributed by atoms with Gasteiger partial charge >= 0.3 is 53.7 Å². The normalized spacial score (nSPS) is 11.9. The zero-order chi connectivity index (χ0) is 106. The minimum absolute atomic E-state index is 0.00390. The molecular formula is C105H144N20O22. The largest absolute Gasteiger partial charge is 0.466 e. The molecule has 1 fully saturated rings. The number of carbonyl (C=O) groups excluding carboxylic acids is 10. The molecule has 0 radical (unpaired) electrons. The van der Waals surface area contributed by atoms with E-state index in [4.69, 9.17) is 47.4 Å². The molecule has 13 aromatic rings. The zero-order valence-electron chi connectivity index (χ0n) is 86.0. The lowest BCUT2D eigenvalue weighted by molar-refractivity contribution is -0.150. The maximum atomic E-state index is 11.2. The van der Waals surface area contributed by atoms with Crippen LogP contribution in [0.4, 0.5) is 0 Å². The van der Waals surface area contributed by atoms with Gasteiger partial charge in [0.15, 0.2) is 0 Å². The van der Waals surface area contributed by atoms with Crippen molar-refractivity contribution in [2.45, 2.75) is 229 Å². The number of imidazole rings is 10. The fraction of sp³-hybridized carbons (Fsp3) is 0.448. The van der Waals surface area contributed by atoms with Gasteiger partial charge in [0, 0.05) is 221 Å². The number of esters is 9. The number of unbranched alkanes of at least 4 members (excludes halogenated alkanes) is 3. The monoisotopic (exact) mass is 2040 g/mol. The molecule has 3 unspecified atom stereocenters. The molecule has 1 aliphatic carbocycles. The fourth-order valence-electron chi connectivity index (χ4n) is 13.3. The summed E-state index contributed by atoms with van der Waals surface area (Å²) in [4.78, 5) is 147. The number of nitrogens with zero attached hydrogens (tertiary/aromatic N) is 20. The molecule has 1 aliphatic rings. The van der Waals surface area contributed by atoms with E-state index in [9.17, 15) is 47.9 Å². The van der Waals surface area contributed by atoms with Crippen LogP contribution in [0.25, 0.3) is 34.2 Å². The molecular weight excluding hydrogens is 1890 g/mol. The average Bonchev–Trinajstić information content (AvgIpc) is 1.82. The Morgan fingerprint density at radius 2 is 0.762 bits per heavy atom. The van der Waals surface area contributed by atoms with Gasteiger partial charge in [-0.1, -0.05) is 131 Å². The summed E-state index contributed by atoms with van der Waals surface area (Å²) in [6.45, 7) is 25.9. The van der Waals surface area contributed by atoms with Crippen molar-refractivity contribution in [1.29, 1.82) is 0 Å². The second-order valence-electron chi connectivity index (χ2n) is 32.2. The first-order chi connectivity index (χ1) is 71.5. The SMILES string of the molecule is CC(=O)OC(C)Cn1ccnc1.CC(=O)OC1CCCCC1n1ccnc1.CC(=O)OCCCCn1ccnc1-c1ccccc1.CC(=O)OCCCn1ccnc1-c1ccccc1.CC(=O)OCCOCCn1ccnc1.CCC(=O)OCCn1ccnc1.CCCC(=O)OCCn1ccnc1.CCCCCC(=O)OCCn1ccnc1.COCC(=O)OCCn1ccnc1.O=COCCn1ccnc1-c1ccccc1. The van der Waals surface area contributed by atoms with E-state index in [1.165, 1.54) is 48.1 Å². The van der Waals surface area contributed by atoms with E-state index in [2.05, 4.69) is 87.5 Å². The summed E-state index contributed by atoms with van der Waals surface area (Å²) in [5.41, 5.74) is 3.26. The summed E-state index contributed by atoms with van der Waals surface area (Å²) in [5, 5.41) is 0. The van der Waals surface area contributed by atoms with Gasteiger partial charge in [-0.3, -0.25) is 43.2 Å². The van der Waals surface area contributed by atoms with E-state index < -0.39 is 0 Å². The Balaban J connectivity index is 0.000000288. The third kappa shape index (κ3) is 58.1. The van der Waals surface area contributed by atoms with Crippen molar-refractivity contribution in [3.8, 4) is 34.2 Å². The topological polar surface area (TPSA) is 460 Å². The van der Waals surface area contributed by atoms with Gasteiger partial charge in [-0.25, -0.2) is 54.6 Å².